The third-order valence-corrected chi connectivity index (χ3v) is 7.23. The average molecular weight is 322 g/mol. The zero-order chi connectivity index (χ0) is 15.0. The number of aryl methyl sites for hydroxylation is 2. The molecule has 112 valence electrons. The Morgan fingerprint density at radius 3 is 2.81 bits per heavy atom. The van der Waals surface area contributed by atoms with Crippen molar-refractivity contribution in [3.05, 3.63) is 40.8 Å². The standard InChI is InChI=1S/C15H18N2O2S2/c1-2-13-7-8-15(20-13)21(18,19)17-9-3-4-11-5-6-12(16)10-14(11)17/h5-8,10H,2-4,9,16H2,1H3. The average Bonchev–Trinajstić information content (AvgIpc) is 2.96. The van der Waals surface area contributed by atoms with Crippen LogP contribution in [0.4, 0.5) is 11.4 Å². The smallest absolute Gasteiger partial charge is 0.273 e. The summed E-state index contributed by atoms with van der Waals surface area (Å²) in [5.41, 5.74) is 8.20. The molecule has 1 aliphatic heterocycles. The van der Waals surface area contributed by atoms with Crippen LogP contribution in [0.25, 0.3) is 0 Å². The number of rotatable bonds is 3. The van der Waals surface area contributed by atoms with Crippen LogP contribution in [-0.4, -0.2) is 15.0 Å². The van der Waals surface area contributed by atoms with Gasteiger partial charge < -0.3 is 5.73 Å². The van der Waals surface area contributed by atoms with Gasteiger partial charge in [-0.1, -0.05) is 13.0 Å². The first kappa shape index (κ1) is 14.4. The predicted octanol–water partition coefficient (Wildman–Crippen LogP) is 3.03. The normalized spacial score (nSPS) is 15.0. The number of thiophene rings is 1. The number of anilines is 2. The summed E-state index contributed by atoms with van der Waals surface area (Å²) < 4.78 is 27.7. The molecule has 1 aliphatic rings. The number of sulfonamides is 1. The van der Waals surface area contributed by atoms with E-state index in [0.717, 1.165) is 35.4 Å². The van der Waals surface area contributed by atoms with Crippen molar-refractivity contribution in [3.63, 3.8) is 0 Å². The van der Waals surface area contributed by atoms with Gasteiger partial charge in [-0.15, -0.1) is 11.3 Å². The van der Waals surface area contributed by atoms with Gasteiger partial charge >= 0.3 is 0 Å². The number of nitrogens with two attached hydrogens (primary N) is 1. The van der Waals surface area contributed by atoms with Gasteiger partial charge in [0.15, 0.2) is 0 Å². The summed E-state index contributed by atoms with van der Waals surface area (Å²) in [5, 5.41) is 0. The first-order valence-electron chi connectivity index (χ1n) is 7.02. The van der Waals surface area contributed by atoms with Crippen molar-refractivity contribution in [3.8, 4) is 0 Å². The third kappa shape index (κ3) is 2.53. The zero-order valence-corrected chi connectivity index (χ0v) is 13.5. The maximum absolute atomic E-state index is 12.9. The van der Waals surface area contributed by atoms with E-state index in [2.05, 4.69) is 0 Å². The van der Waals surface area contributed by atoms with Gasteiger partial charge in [0, 0.05) is 17.1 Å². The molecule has 4 nitrogen and oxygen atoms in total. The van der Waals surface area contributed by atoms with Crippen LogP contribution in [0.3, 0.4) is 0 Å². The van der Waals surface area contributed by atoms with Crippen molar-refractivity contribution in [1.82, 2.24) is 0 Å². The number of hydrogen-bond acceptors (Lipinski definition) is 4. The Morgan fingerprint density at radius 1 is 1.29 bits per heavy atom. The van der Waals surface area contributed by atoms with E-state index in [9.17, 15) is 8.42 Å². The molecule has 0 aliphatic carbocycles. The Morgan fingerprint density at radius 2 is 2.10 bits per heavy atom. The lowest BCUT2D eigenvalue weighted by Crippen LogP contribution is -2.35. The van der Waals surface area contributed by atoms with Gasteiger partial charge in [-0.25, -0.2) is 8.42 Å². The van der Waals surface area contributed by atoms with Gasteiger partial charge in [-0.3, -0.25) is 4.31 Å². The lowest BCUT2D eigenvalue weighted by atomic mass is 10.0. The van der Waals surface area contributed by atoms with Crippen molar-refractivity contribution in [2.75, 3.05) is 16.6 Å². The molecular formula is C15H18N2O2S2. The van der Waals surface area contributed by atoms with E-state index in [1.54, 1.807) is 12.1 Å². The zero-order valence-electron chi connectivity index (χ0n) is 11.9. The highest BCUT2D eigenvalue weighted by Gasteiger charge is 2.30. The number of nitrogen functional groups attached to an aromatic ring is 1. The number of fused-ring (bicyclic) bond motifs is 1. The monoisotopic (exact) mass is 322 g/mol. The van der Waals surface area contributed by atoms with Crippen molar-refractivity contribution in [2.24, 2.45) is 0 Å². The van der Waals surface area contributed by atoms with Crippen LogP contribution in [0.1, 0.15) is 23.8 Å². The first-order chi connectivity index (χ1) is 10.0. The highest BCUT2D eigenvalue weighted by Crippen LogP contribution is 2.35. The van der Waals surface area contributed by atoms with Crippen LogP contribution >= 0.6 is 11.3 Å². The summed E-state index contributed by atoms with van der Waals surface area (Å²) in [5.74, 6) is 0. The van der Waals surface area contributed by atoms with Gasteiger partial charge in [0.05, 0.1) is 5.69 Å². The Hall–Kier alpha value is -1.53. The predicted molar refractivity (Wildman–Crippen MR) is 87.4 cm³/mol. The molecule has 0 atom stereocenters. The summed E-state index contributed by atoms with van der Waals surface area (Å²) in [6.45, 7) is 2.54. The number of hydrogen-bond donors (Lipinski definition) is 1. The van der Waals surface area contributed by atoms with Gasteiger partial charge in [0.1, 0.15) is 4.21 Å². The quantitative estimate of drug-likeness (QED) is 0.884. The first-order valence-corrected chi connectivity index (χ1v) is 9.28. The molecule has 2 N–H and O–H groups in total. The lowest BCUT2D eigenvalue weighted by molar-refractivity contribution is 0.588. The van der Waals surface area contributed by atoms with Crippen molar-refractivity contribution in [2.45, 2.75) is 30.4 Å². The fourth-order valence-corrected chi connectivity index (χ4v) is 5.55. The summed E-state index contributed by atoms with van der Waals surface area (Å²) in [6, 6.07) is 9.12. The van der Waals surface area contributed by atoms with Crippen molar-refractivity contribution >= 4 is 32.7 Å². The van der Waals surface area contributed by atoms with Gasteiger partial charge in [-0.2, -0.15) is 0 Å². The fraction of sp³-hybridized carbons (Fsp3) is 0.333. The molecule has 3 rings (SSSR count). The molecule has 0 saturated heterocycles. The highest BCUT2D eigenvalue weighted by molar-refractivity contribution is 7.94. The SMILES string of the molecule is CCc1ccc(S(=O)(=O)N2CCCc3ccc(N)cc32)s1. The maximum Gasteiger partial charge on any atom is 0.273 e. The maximum atomic E-state index is 12.9. The Labute approximate surface area is 129 Å². The Balaban J connectivity index is 2.07. The molecule has 0 fully saturated rings. The molecule has 2 heterocycles. The summed E-state index contributed by atoms with van der Waals surface area (Å²) in [4.78, 5) is 1.08. The summed E-state index contributed by atoms with van der Waals surface area (Å²) in [7, 11) is -3.49. The second kappa shape index (κ2) is 5.35. The largest absolute Gasteiger partial charge is 0.399 e. The van der Waals surface area contributed by atoms with E-state index in [4.69, 9.17) is 5.73 Å². The molecule has 1 aromatic heterocycles. The minimum Gasteiger partial charge on any atom is -0.399 e. The van der Waals surface area contributed by atoms with Crippen LogP contribution in [0.2, 0.25) is 0 Å². The Bertz CT molecular complexity index is 766. The molecule has 0 unspecified atom stereocenters. The molecule has 0 spiro atoms. The molecule has 1 aromatic carbocycles. The van der Waals surface area contributed by atoms with E-state index in [0.29, 0.717) is 16.4 Å². The highest BCUT2D eigenvalue weighted by atomic mass is 32.2. The minimum atomic E-state index is -3.49. The molecule has 0 saturated carbocycles. The minimum absolute atomic E-state index is 0.412. The molecule has 2 aromatic rings. The number of benzene rings is 1. The van der Waals surface area contributed by atoms with E-state index in [1.807, 2.05) is 25.1 Å². The van der Waals surface area contributed by atoms with Crippen LogP contribution < -0.4 is 10.0 Å². The second-order valence-electron chi connectivity index (χ2n) is 5.14. The fourth-order valence-electron chi connectivity index (χ4n) is 2.60. The van der Waals surface area contributed by atoms with E-state index in [1.165, 1.54) is 15.6 Å². The topological polar surface area (TPSA) is 63.4 Å². The third-order valence-electron chi connectivity index (χ3n) is 3.72. The van der Waals surface area contributed by atoms with Gasteiger partial charge in [-0.05, 0) is 49.1 Å². The van der Waals surface area contributed by atoms with Crippen molar-refractivity contribution < 1.29 is 8.42 Å². The second-order valence-corrected chi connectivity index (χ2v) is 8.40. The molecule has 0 bridgehead atoms. The van der Waals surface area contributed by atoms with E-state index in [-0.39, 0.29) is 0 Å². The number of nitrogens with zero attached hydrogens (tertiary/aromatic N) is 1. The molecular weight excluding hydrogens is 304 g/mol. The van der Waals surface area contributed by atoms with Gasteiger partial charge in [0.2, 0.25) is 0 Å². The van der Waals surface area contributed by atoms with Crippen LogP contribution in [0.5, 0.6) is 0 Å². The van der Waals surface area contributed by atoms with Crippen LogP contribution in [0.15, 0.2) is 34.5 Å². The molecule has 21 heavy (non-hydrogen) atoms. The Kier molecular flexibility index (Phi) is 3.67. The van der Waals surface area contributed by atoms with Crippen molar-refractivity contribution in [1.29, 1.82) is 0 Å². The molecule has 0 radical (unpaired) electrons. The van der Waals surface area contributed by atoms with Crippen LogP contribution in [-0.2, 0) is 22.9 Å². The molecule has 0 amide bonds. The lowest BCUT2D eigenvalue weighted by Gasteiger charge is -2.30. The molecule has 6 heteroatoms. The summed E-state index contributed by atoms with van der Waals surface area (Å²) in [6.07, 6.45) is 2.58. The summed E-state index contributed by atoms with van der Waals surface area (Å²) >= 11 is 1.35. The van der Waals surface area contributed by atoms with E-state index >= 15 is 0 Å². The van der Waals surface area contributed by atoms with Gasteiger partial charge in [0.25, 0.3) is 10.0 Å². The van der Waals surface area contributed by atoms with Crippen LogP contribution in [0, 0.1) is 0 Å². The van der Waals surface area contributed by atoms with E-state index < -0.39 is 10.0 Å².